The molecule has 2 N–H and O–H groups in total. The molecule has 2 aromatic carbocycles. The molecule has 0 fully saturated rings. The number of nitrogens with zero attached hydrogens (tertiary/aromatic N) is 2. The Morgan fingerprint density at radius 2 is 1.78 bits per heavy atom. The van der Waals surface area contributed by atoms with Crippen molar-refractivity contribution in [3.05, 3.63) is 71.8 Å². The molecular weight excluding hydrogens is 326 g/mol. The molecule has 0 amide bonds. The van der Waals surface area contributed by atoms with Gasteiger partial charge in [0, 0.05) is 11.3 Å². The van der Waals surface area contributed by atoms with Gasteiger partial charge in [0.15, 0.2) is 10.2 Å². The number of Topliss-reactive ketones (excluding diaryl/α,β-unsaturated/α-hetero) is 1. The van der Waals surface area contributed by atoms with Gasteiger partial charge in [-0.05, 0) is 5.56 Å². The number of hydrogen-bond acceptors (Lipinski definition) is 6. The highest BCUT2D eigenvalue weighted by Crippen LogP contribution is 2.30. The first-order chi connectivity index (χ1) is 11.2. The summed E-state index contributed by atoms with van der Waals surface area (Å²) in [5.74, 6) is 0.875. The lowest BCUT2D eigenvalue weighted by atomic mass is 10.1. The Morgan fingerprint density at radius 3 is 2.48 bits per heavy atom. The molecule has 0 radical (unpaired) electrons. The van der Waals surface area contributed by atoms with Crippen molar-refractivity contribution < 1.29 is 4.79 Å². The normalized spacial score (nSPS) is 17.2. The summed E-state index contributed by atoms with van der Waals surface area (Å²) in [7, 11) is 0. The van der Waals surface area contributed by atoms with E-state index in [0.717, 1.165) is 10.1 Å². The second-order valence-electron chi connectivity index (χ2n) is 5.04. The van der Waals surface area contributed by atoms with Gasteiger partial charge in [0.05, 0.1) is 0 Å². The number of carbonyl (C=O) groups excluding carboxylic acids is 1. The number of hydrazone groups is 1. The van der Waals surface area contributed by atoms with E-state index in [-0.39, 0.29) is 17.8 Å². The summed E-state index contributed by atoms with van der Waals surface area (Å²) in [6, 6.07) is 19.5. The van der Waals surface area contributed by atoms with Crippen LogP contribution >= 0.6 is 23.5 Å². The highest BCUT2D eigenvalue weighted by molar-refractivity contribution is 8.38. The molecular formula is C17H17N3OS2. The third kappa shape index (κ3) is 4.37. The van der Waals surface area contributed by atoms with Crippen molar-refractivity contribution >= 4 is 33.7 Å². The summed E-state index contributed by atoms with van der Waals surface area (Å²) in [6.07, 6.45) is 0. The molecule has 6 heteroatoms. The molecule has 4 nitrogen and oxygen atoms in total. The van der Waals surface area contributed by atoms with E-state index in [0.29, 0.717) is 5.56 Å². The summed E-state index contributed by atoms with van der Waals surface area (Å²) in [5.41, 5.74) is 7.70. The molecule has 1 heterocycles. The average Bonchev–Trinajstić information content (AvgIpc) is 2.94. The third-order valence-corrected chi connectivity index (χ3v) is 5.55. The van der Waals surface area contributed by atoms with Crippen molar-refractivity contribution in [2.75, 3.05) is 6.54 Å². The number of thioether (sulfide) groups is 2. The first-order valence-corrected chi connectivity index (χ1v) is 9.11. The third-order valence-electron chi connectivity index (χ3n) is 3.33. The summed E-state index contributed by atoms with van der Waals surface area (Å²) in [6.45, 7) is 0.202. The van der Waals surface area contributed by atoms with Gasteiger partial charge in [0.1, 0.15) is 12.0 Å². The van der Waals surface area contributed by atoms with E-state index in [1.54, 1.807) is 16.8 Å². The molecule has 0 aliphatic carbocycles. The quantitative estimate of drug-likeness (QED) is 0.844. The lowest BCUT2D eigenvalue weighted by Gasteiger charge is -2.17. The van der Waals surface area contributed by atoms with Crippen LogP contribution in [0.1, 0.15) is 15.9 Å². The fraction of sp³-hybridized carbons (Fsp3) is 0.176. The van der Waals surface area contributed by atoms with Crippen molar-refractivity contribution in [3.8, 4) is 0 Å². The van der Waals surface area contributed by atoms with Gasteiger partial charge in [-0.15, -0.1) is 0 Å². The average molecular weight is 343 g/mol. The van der Waals surface area contributed by atoms with Gasteiger partial charge in [0.2, 0.25) is 0 Å². The van der Waals surface area contributed by atoms with E-state index >= 15 is 0 Å². The van der Waals surface area contributed by atoms with Crippen LogP contribution in [0.15, 0.2) is 65.8 Å². The van der Waals surface area contributed by atoms with E-state index in [1.807, 2.05) is 48.5 Å². The van der Waals surface area contributed by atoms with E-state index in [1.165, 1.54) is 17.3 Å². The second-order valence-corrected chi connectivity index (χ2v) is 7.36. The van der Waals surface area contributed by atoms with Gasteiger partial charge >= 0.3 is 0 Å². The first kappa shape index (κ1) is 16.1. The van der Waals surface area contributed by atoms with Crippen LogP contribution in [0.5, 0.6) is 0 Å². The molecule has 0 spiro atoms. The van der Waals surface area contributed by atoms with Gasteiger partial charge in [-0.2, -0.15) is 5.10 Å². The van der Waals surface area contributed by atoms with Crippen LogP contribution in [0, 0.1) is 0 Å². The minimum absolute atomic E-state index is 0.0275. The number of ketones is 1. The van der Waals surface area contributed by atoms with E-state index in [2.05, 4.69) is 17.2 Å². The molecule has 1 atom stereocenters. The molecule has 1 unspecified atom stereocenters. The summed E-state index contributed by atoms with van der Waals surface area (Å²) < 4.78 is 0.905. The van der Waals surface area contributed by atoms with E-state index in [9.17, 15) is 4.79 Å². The van der Waals surface area contributed by atoms with Gasteiger partial charge in [-0.3, -0.25) is 9.80 Å². The summed E-state index contributed by atoms with van der Waals surface area (Å²) >= 11 is 3.14. The summed E-state index contributed by atoms with van der Waals surface area (Å²) in [5, 5.41) is 6.14. The molecule has 3 rings (SSSR count). The van der Waals surface area contributed by atoms with E-state index in [4.69, 9.17) is 5.73 Å². The summed E-state index contributed by atoms with van der Waals surface area (Å²) in [4.78, 5) is 12.2. The highest BCUT2D eigenvalue weighted by Gasteiger charge is 2.26. The Hall–Kier alpha value is -1.76. The topological polar surface area (TPSA) is 58.7 Å². The fourth-order valence-corrected chi connectivity index (χ4v) is 4.11. The SMILES string of the molecule is NC1SC(SCc2ccccc2)=NN1CC(=O)c1ccccc1. The van der Waals surface area contributed by atoms with Crippen molar-refractivity contribution in [3.63, 3.8) is 0 Å². The Balaban J connectivity index is 1.58. The standard InChI is InChI=1S/C17H17N3OS2/c18-16-20(11-15(21)14-9-5-2-6-10-14)19-17(23-16)22-12-13-7-3-1-4-8-13/h1-10,16H,11-12,18H2. The van der Waals surface area contributed by atoms with Gasteiger partial charge < -0.3 is 5.73 Å². The maximum atomic E-state index is 12.2. The smallest absolute Gasteiger partial charge is 0.183 e. The predicted molar refractivity (Wildman–Crippen MR) is 98.2 cm³/mol. The molecule has 2 aromatic rings. The molecule has 118 valence electrons. The Labute approximate surface area is 144 Å². The minimum atomic E-state index is -0.305. The zero-order chi connectivity index (χ0) is 16.1. The Bertz CT molecular complexity index is 691. The lowest BCUT2D eigenvalue weighted by Crippen LogP contribution is -2.36. The van der Waals surface area contributed by atoms with Crippen molar-refractivity contribution in [1.82, 2.24) is 5.01 Å². The molecule has 0 saturated heterocycles. The zero-order valence-corrected chi connectivity index (χ0v) is 14.1. The monoisotopic (exact) mass is 343 g/mol. The van der Waals surface area contributed by atoms with Crippen molar-refractivity contribution in [1.29, 1.82) is 0 Å². The minimum Gasteiger partial charge on any atom is -0.301 e. The molecule has 0 aromatic heterocycles. The number of rotatable bonds is 5. The maximum absolute atomic E-state index is 12.2. The molecule has 23 heavy (non-hydrogen) atoms. The lowest BCUT2D eigenvalue weighted by molar-refractivity contribution is 0.0929. The molecule has 0 bridgehead atoms. The van der Waals surface area contributed by atoms with Crippen LogP contribution in [-0.4, -0.2) is 27.2 Å². The van der Waals surface area contributed by atoms with Crippen LogP contribution in [0.3, 0.4) is 0 Å². The second kappa shape index (κ2) is 7.68. The van der Waals surface area contributed by atoms with E-state index < -0.39 is 0 Å². The van der Waals surface area contributed by atoms with Crippen LogP contribution in [0.2, 0.25) is 0 Å². The van der Waals surface area contributed by atoms with Crippen LogP contribution in [-0.2, 0) is 5.75 Å². The van der Waals surface area contributed by atoms with Gasteiger partial charge in [0.25, 0.3) is 0 Å². The number of hydrogen-bond donors (Lipinski definition) is 1. The fourth-order valence-electron chi connectivity index (χ4n) is 2.12. The largest absolute Gasteiger partial charge is 0.301 e. The molecule has 0 saturated carbocycles. The number of nitrogens with two attached hydrogens (primary N) is 1. The van der Waals surface area contributed by atoms with Gasteiger partial charge in [-0.25, -0.2) is 0 Å². The first-order valence-electron chi connectivity index (χ1n) is 7.25. The van der Waals surface area contributed by atoms with Crippen molar-refractivity contribution in [2.45, 2.75) is 11.3 Å². The zero-order valence-electron chi connectivity index (χ0n) is 12.5. The van der Waals surface area contributed by atoms with Gasteiger partial charge in [-0.1, -0.05) is 84.2 Å². The molecule has 1 aliphatic heterocycles. The number of carbonyl (C=O) groups is 1. The Morgan fingerprint density at radius 1 is 1.13 bits per heavy atom. The van der Waals surface area contributed by atoms with Crippen LogP contribution < -0.4 is 5.73 Å². The Kier molecular flexibility index (Phi) is 5.38. The van der Waals surface area contributed by atoms with Crippen LogP contribution in [0.25, 0.3) is 0 Å². The van der Waals surface area contributed by atoms with Crippen LogP contribution in [0.4, 0.5) is 0 Å². The molecule has 1 aliphatic rings. The highest BCUT2D eigenvalue weighted by atomic mass is 32.2. The van der Waals surface area contributed by atoms with Crippen molar-refractivity contribution in [2.24, 2.45) is 10.8 Å². The maximum Gasteiger partial charge on any atom is 0.183 e. The predicted octanol–water partition coefficient (Wildman–Crippen LogP) is 3.36. The number of benzene rings is 2.